The summed E-state index contributed by atoms with van der Waals surface area (Å²) >= 11 is 0. The van der Waals surface area contributed by atoms with Crippen LogP contribution in [0.15, 0.2) is 61.3 Å². The number of carbonyl (C=O) groups excluding carboxylic acids is 7. The Morgan fingerprint density at radius 1 is 0.663 bits per heavy atom. The number of rotatable bonds is 17. The first-order valence-corrected chi connectivity index (χ1v) is 31.1. The second-order valence-electron chi connectivity index (χ2n) is 25.5. The number of imidazole rings is 3. The molecule has 23 atom stereocenters. The summed E-state index contributed by atoms with van der Waals surface area (Å²) in [6, 6.07) is 0. The van der Waals surface area contributed by atoms with Crippen LogP contribution in [0.5, 0.6) is 0 Å². The Labute approximate surface area is 534 Å². The summed E-state index contributed by atoms with van der Waals surface area (Å²) in [6.07, 6.45) is -8.17. The second kappa shape index (κ2) is 30.4. The van der Waals surface area contributed by atoms with E-state index in [9.17, 15) is 24.0 Å². The molecule has 0 amide bonds. The molecular weight excluding hydrogens is 1210 g/mol. The Balaban J connectivity index is 1.24. The highest BCUT2D eigenvalue weighted by Gasteiger charge is 2.58. The van der Waals surface area contributed by atoms with Gasteiger partial charge in [-0.2, -0.15) is 0 Å². The van der Waals surface area contributed by atoms with Gasteiger partial charge < -0.3 is 75.9 Å². The normalized spacial score (nSPS) is 37.2. The number of carbonyl (C=O) groups is 7. The number of esters is 2. The molecule has 5 aliphatic rings. The predicted octanol–water partition coefficient (Wildman–Crippen LogP) is 6.91. The van der Waals surface area contributed by atoms with Gasteiger partial charge in [-0.05, 0) is 59.8 Å². The van der Waals surface area contributed by atoms with Gasteiger partial charge in [-0.1, -0.05) is 53.6 Å². The van der Waals surface area contributed by atoms with E-state index >= 15 is 9.59 Å². The van der Waals surface area contributed by atoms with Gasteiger partial charge >= 0.3 is 36.4 Å². The fraction of sp³-hybridized carbons (Fsp3) is 0.726. The van der Waals surface area contributed by atoms with Crippen molar-refractivity contribution in [2.75, 3.05) is 27.9 Å². The van der Waals surface area contributed by atoms with Crippen LogP contribution in [0.25, 0.3) is 0 Å². The minimum Gasteiger partial charge on any atom is -0.461 e. The Kier molecular flexibility index (Phi) is 23.5. The summed E-state index contributed by atoms with van der Waals surface area (Å²) in [7, 11) is 4.17. The molecule has 8 rings (SSSR count). The van der Waals surface area contributed by atoms with Crippen molar-refractivity contribution in [1.82, 2.24) is 28.7 Å². The number of hydrogen-bond donors (Lipinski definition) is 0. The maximum atomic E-state index is 16.1. The molecule has 0 saturated carbocycles. The molecule has 3 aromatic rings. The molecule has 30 nitrogen and oxygen atoms in total. The van der Waals surface area contributed by atoms with Gasteiger partial charge in [0.25, 0.3) is 0 Å². The van der Waals surface area contributed by atoms with Crippen LogP contribution in [-0.4, -0.2) is 208 Å². The molecule has 1 unspecified atom stereocenters. The Morgan fingerprint density at radius 2 is 1.28 bits per heavy atom. The smallest absolute Gasteiger partial charge is 0.461 e. The van der Waals surface area contributed by atoms with E-state index in [2.05, 4.69) is 20.1 Å². The van der Waals surface area contributed by atoms with Crippen LogP contribution in [0.3, 0.4) is 0 Å². The molecule has 0 radical (unpaired) electrons. The zero-order valence-corrected chi connectivity index (χ0v) is 55.0. The van der Waals surface area contributed by atoms with Crippen LogP contribution in [0.1, 0.15) is 116 Å². The maximum absolute atomic E-state index is 16.1. The van der Waals surface area contributed by atoms with Crippen LogP contribution >= 0.6 is 0 Å². The SMILES string of the molecule is CON=C1C[C@@H](C)O[C@@H](O[C@@H]2[C@@H](C)[C@H](O[C@H]3C[C@@]4(C)OC(=O)O[C@H]4[C@H](C)O3)[C@@H](C)C(=O)O[C@H]([C@@H](C)COC3O[C@H](C)[C@@H](OC(=O)n4ccnc4)[C@@H](OC)[C@H]3OC)[C@H](C)[C@@H](OC(=O)CC(C)C)[C@@H](C)C(=O)[C@@](C)(OC(=O)n3ccnc3)C[C@@H]2C)[C@@H]1OC(=O)n1ccnc1. The number of oxime groups is 1. The molecule has 3 aromatic heterocycles. The first-order valence-electron chi connectivity index (χ1n) is 31.1. The Hall–Kier alpha value is -6.93. The number of Topliss-reactive ketones (excluding diaryl/α,β-unsaturated/α-hetero) is 1. The van der Waals surface area contributed by atoms with E-state index in [1.807, 2.05) is 13.8 Å². The van der Waals surface area contributed by atoms with E-state index in [0.717, 1.165) is 13.7 Å². The highest BCUT2D eigenvalue weighted by atomic mass is 16.8. The van der Waals surface area contributed by atoms with Crippen molar-refractivity contribution in [2.45, 2.75) is 219 Å². The third-order valence-electron chi connectivity index (χ3n) is 17.8. The summed E-state index contributed by atoms with van der Waals surface area (Å²) in [6.45, 7) is 21.7. The van der Waals surface area contributed by atoms with E-state index < -0.39 is 181 Å². The summed E-state index contributed by atoms with van der Waals surface area (Å²) in [4.78, 5) is 117. The van der Waals surface area contributed by atoms with Crippen molar-refractivity contribution in [1.29, 1.82) is 0 Å². The number of methoxy groups -OCH3 is 2. The lowest BCUT2D eigenvalue weighted by Crippen LogP contribution is -2.60. The van der Waals surface area contributed by atoms with E-state index in [0.29, 0.717) is 0 Å². The number of ether oxygens (including phenoxy) is 15. The van der Waals surface area contributed by atoms with Crippen LogP contribution < -0.4 is 0 Å². The maximum Gasteiger partial charge on any atom is 0.509 e. The molecule has 5 saturated heterocycles. The number of fused-ring (bicyclic) bond motifs is 1. The van der Waals surface area contributed by atoms with Gasteiger partial charge in [0.05, 0.1) is 49.0 Å². The summed E-state index contributed by atoms with van der Waals surface area (Å²) in [5.41, 5.74) is -3.13. The predicted molar refractivity (Wildman–Crippen MR) is 316 cm³/mol. The van der Waals surface area contributed by atoms with Gasteiger partial charge in [0, 0.05) is 88.4 Å². The van der Waals surface area contributed by atoms with Crippen LogP contribution in [0.2, 0.25) is 0 Å². The van der Waals surface area contributed by atoms with Gasteiger partial charge in [-0.3, -0.25) is 14.4 Å². The lowest BCUT2D eigenvalue weighted by molar-refractivity contribution is -0.304. The first-order chi connectivity index (χ1) is 43.6. The molecular formula is C62H89N7O23. The lowest BCUT2D eigenvalue weighted by Gasteiger charge is -2.46. The number of ketones is 1. The molecule has 92 heavy (non-hydrogen) atoms. The van der Waals surface area contributed by atoms with Gasteiger partial charge in [0.2, 0.25) is 6.29 Å². The van der Waals surface area contributed by atoms with Crippen molar-refractivity contribution >= 4 is 47.9 Å². The standard InChI is InChI=1S/C62H89N7O23/c1-31(2)23-42(70)84-46-36(7)45(33(4)27-80-55-51(78-15)50(77-14)48(39(10)83-55)88-57(73)67-20-17-63-28-67)86-54(72)38(9)47(85-43-26-62(13)53(40(11)82-43)90-60(76)92-62)35(6)44(32(3)25-61(12,52(71)37(46)8)91-59(75)69-22-19-65-30-69)87-56-49(41(66-79-16)24-34(5)81-56)89-58(74)68-21-18-64-29-68/h17-22,28-40,43-51,53,55-56H,23-27H2,1-16H3/t32-,33-,34+,35+,36-,37+,38+,39+,40-,43-,44-,45+,46+,47-,48+,49+,50+,51+,53-,55?,56-,61-,62+/m0/s1. The lowest BCUT2D eigenvalue weighted by atomic mass is 9.74. The van der Waals surface area contributed by atoms with Crippen LogP contribution in [0.4, 0.5) is 19.2 Å². The number of nitrogens with zero attached hydrogens (tertiary/aromatic N) is 7. The third-order valence-corrected chi connectivity index (χ3v) is 17.8. The highest BCUT2D eigenvalue weighted by Crippen LogP contribution is 2.44. The zero-order valence-electron chi connectivity index (χ0n) is 55.0. The molecule has 0 N–H and O–H groups in total. The molecule has 30 heteroatoms. The fourth-order valence-corrected chi connectivity index (χ4v) is 13.2. The zero-order chi connectivity index (χ0) is 67.1. The summed E-state index contributed by atoms with van der Waals surface area (Å²) in [5, 5.41) is 4.26. The van der Waals surface area contributed by atoms with E-state index in [1.54, 1.807) is 69.2 Å². The van der Waals surface area contributed by atoms with E-state index in [-0.39, 0.29) is 43.9 Å². The van der Waals surface area contributed by atoms with Crippen molar-refractivity contribution in [3.63, 3.8) is 0 Å². The quantitative estimate of drug-likeness (QED) is 0.0752. The minimum absolute atomic E-state index is 0.0662. The molecule has 0 aliphatic carbocycles. The third kappa shape index (κ3) is 16.2. The number of aromatic nitrogens is 6. The van der Waals surface area contributed by atoms with E-state index in [4.69, 9.17) is 75.9 Å². The monoisotopic (exact) mass is 1300 g/mol. The van der Waals surface area contributed by atoms with Crippen LogP contribution in [-0.2, 0) is 90.3 Å². The van der Waals surface area contributed by atoms with E-state index in [1.165, 1.54) is 84.4 Å². The van der Waals surface area contributed by atoms with Crippen molar-refractivity contribution in [3.05, 3.63) is 56.2 Å². The molecule has 0 aromatic carbocycles. The molecule has 5 fully saturated rings. The average Bonchev–Trinajstić information content (AvgIpc) is 1.46. The minimum atomic E-state index is -2.11. The van der Waals surface area contributed by atoms with Crippen molar-refractivity contribution in [3.8, 4) is 0 Å². The average molecular weight is 1300 g/mol. The molecule has 0 spiro atoms. The fourth-order valence-electron chi connectivity index (χ4n) is 13.2. The van der Waals surface area contributed by atoms with Crippen molar-refractivity contribution in [2.24, 2.45) is 46.6 Å². The van der Waals surface area contributed by atoms with Gasteiger partial charge in [-0.25, -0.2) is 47.8 Å². The Bertz CT molecular complexity index is 3000. The molecule has 8 heterocycles. The Morgan fingerprint density at radius 3 is 1.87 bits per heavy atom. The largest absolute Gasteiger partial charge is 0.509 e. The first kappa shape index (κ1) is 70.9. The molecule has 5 aliphatic heterocycles. The number of cyclic esters (lactones) is 1. The molecule has 510 valence electrons. The van der Waals surface area contributed by atoms with Crippen molar-refractivity contribution < 1.29 is 109 Å². The highest BCUT2D eigenvalue weighted by molar-refractivity contribution is 5.92. The van der Waals surface area contributed by atoms with Gasteiger partial charge in [0.15, 0.2) is 47.9 Å². The topological polar surface area (TPSA) is 333 Å². The van der Waals surface area contributed by atoms with Crippen LogP contribution in [0, 0.1) is 41.4 Å². The second-order valence-corrected chi connectivity index (χ2v) is 25.5. The van der Waals surface area contributed by atoms with Gasteiger partial charge in [-0.15, -0.1) is 0 Å². The van der Waals surface area contributed by atoms with Gasteiger partial charge in [0.1, 0.15) is 56.2 Å². The number of hydrogen-bond acceptors (Lipinski definition) is 27. The summed E-state index contributed by atoms with van der Waals surface area (Å²) < 4.78 is 98.2. The molecule has 0 bridgehead atoms. The summed E-state index contributed by atoms with van der Waals surface area (Å²) in [5.74, 6) is -8.80.